The SMILES string of the molecule is CC(=O)O[C@H]1C[C@H]2[C@@H]3CC[C@H]([C@H](C)CCC(=O)OCC(F)(F)S(=O)(=O)O)[C@@]3(C)CC[C@@H]2[C@@]2(C)CC[C@@H](O)CC12. The van der Waals surface area contributed by atoms with Gasteiger partial charge in [-0.3, -0.25) is 14.1 Å². The molecule has 4 aliphatic rings. The second-order valence-electron chi connectivity index (χ2n) is 13.3. The number of ether oxygens (including phenoxy) is 2. The molecule has 0 aliphatic heterocycles. The average Bonchev–Trinajstić information content (AvgIpc) is 3.18. The van der Waals surface area contributed by atoms with Crippen molar-refractivity contribution < 1.29 is 45.9 Å². The molecule has 39 heavy (non-hydrogen) atoms. The van der Waals surface area contributed by atoms with E-state index in [1.165, 1.54) is 6.92 Å². The summed E-state index contributed by atoms with van der Waals surface area (Å²) in [7, 11) is -5.65. The Hall–Kier alpha value is -1.33. The van der Waals surface area contributed by atoms with Gasteiger partial charge in [0.2, 0.25) is 0 Å². The van der Waals surface area contributed by atoms with Crippen molar-refractivity contribution in [2.24, 2.45) is 46.3 Å². The van der Waals surface area contributed by atoms with Crippen molar-refractivity contribution in [2.45, 2.75) is 109 Å². The molecule has 0 aromatic carbocycles. The van der Waals surface area contributed by atoms with Crippen LogP contribution in [0.15, 0.2) is 0 Å². The van der Waals surface area contributed by atoms with E-state index >= 15 is 0 Å². The molecular formula is C28H44F2O8S. The third kappa shape index (κ3) is 5.73. The highest BCUT2D eigenvalue weighted by molar-refractivity contribution is 7.86. The number of rotatable bonds is 8. The van der Waals surface area contributed by atoms with Gasteiger partial charge >= 0.3 is 27.3 Å². The van der Waals surface area contributed by atoms with Gasteiger partial charge in [-0.15, -0.1) is 0 Å². The molecule has 0 radical (unpaired) electrons. The molecule has 10 atom stereocenters. The Balaban J connectivity index is 1.43. The fourth-order valence-electron chi connectivity index (χ4n) is 9.42. The van der Waals surface area contributed by atoms with E-state index < -0.39 is 27.9 Å². The van der Waals surface area contributed by atoms with Crippen molar-refractivity contribution in [2.75, 3.05) is 6.61 Å². The fraction of sp³-hybridized carbons (Fsp3) is 0.929. The van der Waals surface area contributed by atoms with Gasteiger partial charge in [0.15, 0.2) is 6.61 Å². The standard InChI is InChI=1S/C28H44F2O8S/c1-16(5-8-25(33)37-15-28(29,30)39(34,35)36)20-6-7-21-19-14-24(38-17(2)31)23-13-18(32)9-11-27(23,4)22(19)10-12-26(20,21)3/h16,18-24,32H,5-15H2,1-4H3,(H,34,35,36)/t16-,18-,19+,20-,21+,22+,23?,24+,26-,27-/m1/s1. The Morgan fingerprint density at radius 1 is 1.03 bits per heavy atom. The quantitative estimate of drug-likeness (QED) is 0.305. The zero-order chi connectivity index (χ0) is 29.0. The lowest BCUT2D eigenvalue weighted by atomic mass is 9.43. The molecule has 2 N–H and O–H groups in total. The van der Waals surface area contributed by atoms with Gasteiger partial charge in [-0.25, -0.2) is 0 Å². The minimum atomic E-state index is -5.65. The molecule has 0 bridgehead atoms. The Morgan fingerprint density at radius 3 is 2.31 bits per heavy atom. The Morgan fingerprint density at radius 2 is 1.67 bits per heavy atom. The molecule has 0 aromatic rings. The number of carbonyl (C=O) groups is 2. The zero-order valence-corrected chi connectivity index (χ0v) is 24.2. The largest absolute Gasteiger partial charge is 0.462 e. The first-order valence-corrected chi connectivity index (χ1v) is 15.8. The van der Waals surface area contributed by atoms with Crippen LogP contribution >= 0.6 is 0 Å². The first kappa shape index (κ1) is 30.6. The van der Waals surface area contributed by atoms with Gasteiger partial charge in [0.05, 0.1) is 6.10 Å². The van der Waals surface area contributed by atoms with Crippen LogP contribution in [0.5, 0.6) is 0 Å². The molecule has 4 fully saturated rings. The van der Waals surface area contributed by atoms with Crippen LogP contribution in [0.2, 0.25) is 0 Å². The summed E-state index contributed by atoms with van der Waals surface area (Å²) in [6.45, 7) is 6.51. The number of carbonyl (C=O) groups excluding carboxylic acids is 2. The van der Waals surface area contributed by atoms with Crippen LogP contribution in [0.4, 0.5) is 8.78 Å². The average molecular weight is 579 g/mol. The molecular weight excluding hydrogens is 534 g/mol. The summed E-state index contributed by atoms with van der Waals surface area (Å²) < 4.78 is 67.2. The molecule has 4 saturated carbocycles. The van der Waals surface area contributed by atoms with E-state index in [-0.39, 0.29) is 47.3 Å². The van der Waals surface area contributed by atoms with Gasteiger partial charge in [0.1, 0.15) is 6.10 Å². The lowest BCUT2D eigenvalue weighted by Crippen LogP contribution is -2.59. The van der Waals surface area contributed by atoms with Crippen molar-refractivity contribution in [3.05, 3.63) is 0 Å². The Labute approximate surface area is 230 Å². The number of aliphatic hydroxyl groups is 1. The zero-order valence-electron chi connectivity index (χ0n) is 23.4. The summed E-state index contributed by atoms with van der Waals surface area (Å²) in [5, 5.41) is 5.92. The van der Waals surface area contributed by atoms with Crippen LogP contribution in [0.3, 0.4) is 0 Å². The molecule has 4 rings (SSSR count). The Bertz CT molecular complexity index is 1050. The molecule has 0 aromatic heterocycles. The van der Waals surface area contributed by atoms with E-state index in [2.05, 4.69) is 25.5 Å². The Kier molecular flexibility index (Phi) is 8.50. The van der Waals surface area contributed by atoms with E-state index in [0.29, 0.717) is 36.5 Å². The van der Waals surface area contributed by atoms with Crippen molar-refractivity contribution in [1.82, 2.24) is 0 Å². The van der Waals surface area contributed by atoms with Crippen LogP contribution in [-0.2, 0) is 29.2 Å². The number of aliphatic hydroxyl groups excluding tert-OH is 1. The second-order valence-corrected chi connectivity index (χ2v) is 14.9. The van der Waals surface area contributed by atoms with Crippen molar-refractivity contribution in [3.63, 3.8) is 0 Å². The smallest absolute Gasteiger partial charge is 0.402 e. The van der Waals surface area contributed by atoms with Crippen LogP contribution in [0.25, 0.3) is 0 Å². The maximum absolute atomic E-state index is 13.4. The molecule has 0 amide bonds. The molecule has 11 heteroatoms. The molecule has 1 unspecified atom stereocenters. The fourth-order valence-corrected chi connectivity index (χ4v) is 9.63. The number of halogens is 2. The van der Waals surface area contributed by atoms with E-state index in [4.69, 9.17) is 9.29 Å². The van der Waals surface area contributed by atoms with Gasteiger partial charge in [0, 0.05) is 19.3 Å². The van der Waals surface area contributed by atoms with Crippen molar-refractivity contribution in [3.8, 4) is 0 Å². The van der Waals surface area contributed by atoms with Crippen LogP contribution in [0, 0.1) is 46.3 Å². The van der Waals surface area contributed by atoms with Crippen LogP contribution in [0.1, 0.15) is 91.9 Å². The first-order valence-electron chi connectivity index (χ1n) is 14.4. The molecule has 0 spiro atoms. The second kappa shape index (κ2) is 10.8. The predicted molar refractivity (Wildman–Crippen MR) is 138 cm³/mol. The molecule has 4 aliphatic carbocycles. The van der Waals surface area contributed by atoms with Crippen LogP contribution in [-0.4, -0.2) is 54.1 Å². The lowest BCUT2D eigenvalue weighted by Gasteiger charge is -2.62. The summed E-state index contributed by atoms with van der Waals surface area (Å²) in [5.74, 6) is 0.802. The minimum Gasteiger partial charge on any atom is -0.462 e. The third-order valence-electron chi connectivity index (χ3n) is 11.3. The first-order chi connectivity index (χ1) is 18.0. The van der Waals surface area contributed by atoms with Crippen LogP contribution < -0.4 is 0 Å². The highest BCUT2D eigenvalue weighted by Gasteiger charge is 2.63. The number of alkyl halides is 2. The normalized spacial score (nSPS) is 41.1. The predicted octanol–water partition coefficient (Wildman–Crippen LogP) is 4.99. The summed E-state index contributed by atoms with van der Waals surface area (Å²) in [6.07, 6.45) is 7.15. The lowest BCUT2D eigenvalue weighted by molar-refractivity contribution is -0.192. The number of hydrogen-bond acceptors (Lipinski definition) is 7. The number of fused-ring (bicyclic) bond motifs is 5. The minimum absolute atomic E-state index is 0.0150. The summed E-state index contributed by atoms with van der Waals surface area (Å²) in [6, 6.07) is 0. The van der Waals surface area contributed by atoms with E-state index in [9.17, 15) is 31.9 Å². The van der Waals surface area contributed by atoms with Gasteiger partial charge in [0.25, 0.3) is 0 Å². The summed E-state index contributed by atoms with van der Waals surface area (Å²) in [4.78, 5) is 24.1. The number of hydrogen-bond donors (Lipinski definition) is 2. The number of esters is 2. The van der Waals surface area contributed by atoms with Gasteiger partial charge in [-0.1, -0.05) is 20.8 Å². The molecule has 0 heterocycles. The summed E-state index contributed by atoms with van der Waals surface area (Å²) in [5.41, 5.74) is 0.0573. The van der Waals surface area contributed by atoms with Gasteiger partial charge in [-0.2, -0.15) is 17.2 Å². The third-order valence-corrected chi connectivity index (χ3v) is 12.2. The molecule has 0 saturated heterocycles. The maximum atomic E-state index is 13.4. The maximum Gasteiger partial charge on any atom is 0.402 e. The highest BCUT2D eigenvalue weighted by atomic mass is 32.2. The van der Waals surface area contributed by atoms with Crippen molar-refractivity contribution in [1.29, 1.82) is 0 Å². The van der Waals surface area contributed by atoms with E-state index in [1.54, 1.807) is 0 Å². The van der Waals surface area contributed by atoms with Crippen molar-refractivity contribution >= 4 is 22.1 Å². The topological polar surface area (TPSA) is 127 Å². The van der Waals surface area contributed by atoms with Gasteiger partial charge < -0.3 is 14.6 Å². The molecule has 224 valence electrons. The van der Waals surface area contributed by atoms with Gasteiger partial charge in [-0.05, 0) is 98.2 Å². The van der Waals surface area contributed by atoms with E-state index in [1.807, 2.05) is 0 Å². The monoisotopic (exact) mass is 578 g/mol. The highest BCUT2D eigenvalue weighted by Crippen LogP contribution is 2.68. The van der Waals surface area contributed by atoms with E-state index in [0.717, 1.165) is 44.9 Å². The summed E-state index contributed by atoms with van der Waals surface area (Å²) >= 11 is 0. The molecule has 8 nitrogen and oxygen atoms in total.